The average Bonchev–Trinajstić information content (AvgIpc) is 2.70. The van der Waals surface area contributed by atoms with Crippen LogP contribution in [0.2, 0.25) is 0 Å². The maximum atomic E-state index is 12.6. The zero-order valence-corrected chi connectivity index (χ0v) is 16.6. The summed E-state index contributed by atoms with van der Waals surface area (Å²) in [4.78, 5) is 19.1. The van der Waals surface area contributed by atoms with Crippen molar-refractivity contribution in [2.24, 2.45) is 0 Å². The van der Waals surface area contributed by atoms with Crippen LogP contribution in [0.15, 0.2) is 48.5 Å². The van der Waals surface area contributed by atoms with Crippen molar-refractivity contribution in [3.05, 3.63) is 54.1 Å². The molecule has 144 valence electrons. The van der Waals surface area contributed by atoms with E-state index in [4.69, 9.17) is 0 Å². The van der Waals surface area contributed by atoms with Gasteiger partial charge in [0.2, 0.25) is 0 Å². The molecule has 1 heterocycles. The number of benzene rings is 2. The van der Waals surface area contributed by atoms with Gasteiger partial charge in [0, 0.05) is 56.3 Å². The van der Waals surface area contributed by atoms with Crippen molar-refractivity contribution in [1.82, 2.24) is 4.90 Å². The largest absolute Gasteiger partial charge is 0.372 e. The molecule has 5 heteroatoms. The summed E-state index contributed by atoms with van der Waals surface area (Å²) in [6.45, 7) is 11.6. The standard InChI is InChI=1S/C22H30N4O/c1-4-24(5-2)20-11-9-19(10-12-20)23-22(27)26-15-13-25(14-16-26)21-8-6-7-18(3)17-21/h6-12,17H,4-5,13-16H2,1-3H3,(H,23,27). The van der Waals surface area contributed by atoms with Crippen LogP contribution in [0.3, 0.4) is 0 Å². The van der Waals surface area contributed by atoms with Crippen LogP contribution in [0.5, 0.6) is 0 Å². The minimum atomic E-state index is -0.0190. The van der Waals surface area contributed by atoms with E-state index in [0.717, 1.165) is 45.0 Å². The fraction of sp³-hybridized carbons (Fsp3) is 0.409. The van der Waals surface area contributed by atoms with E-state index >= 15 is 0 Å². The van der Waals surface area contributed by atoms with Crippen LogP contribution in [0.25, 0.3) is 0 Å². The van der Waals surface area contributed by atoms with Crippen LogP contribution in [0.1, 0.15) is 19.4 Å². The number of hydrogen-bond donors (Lipinski definition) is 1. The molecule has 1 aliphatic rings. The van der Waals surface area contributed by atoms with Gasteiger partial charge in [0.05, 0.1) is 0 Å². The Hall–Kier alpha value is -2.69. The predicted molar refractivity (Wildman–Crippen MR) is 114 cm³/mol. The first-order valence-electron chi connectivity index (χ1n) is 9.83. The number of amides is 2. The summed E-state index contributed by atoms with van der Waals surface area (Å²) < 4.78 is 0. The quantitative estimate of drug-likeness (QED) is 0.862. The molecule has 0 radical (unpaired) electrons. The van der Waals surface area contributed by atoms with E-state index in [1.165, 1.54) is 16.9 Å². The minimum Gasteiger partial charge on any atom is -0.372 e. The number of hydrogen-bond acceptors (Lipinski definition) is 3. The van der Waals surface area contributed by atoms with Gasteiger partial charge in [-0.2, -0.15) is 0 Å². The number of rotatable bonds is 5. The topological polar surface area (TPSA) is 38.8 Å². The lowest BCUT2D eigenvalue weighted by Gasteiger charge is -2.36. The van der Waals surface area contributed by atoms with Gasteiger partial charge in [-0.1, -0.05) is 12.1 Å². The molecular weight excluding hydrogens is 336 g/mol. The van der Waals surface area contributed by atoms with Gasteiger partial charge in [0.1, 0.15) is 0 Å². The fourth-order valence-electron chi connectivity index (χ4n) is 3.54. The number of urea groups is 1. The summed E-state index contributed by atoms with van der Waals surface area (Å²) in [5.41, 5.74) is 4.53. The molecular formula is C22H30N4O. The molecule has 2 aromatic rings. The Balaban J connectivity index is 1.53. The second kappa shape index (κ2) is 8.80. The van der Waals surface area contributed by atoms with Crippen LogP contribution in [0.4, 0.5) is 21.9 Å². The maximum absolute atomic E-state index is 12.6. The van der Waals surface area contributed by atoms with E-state index in [1.54, 1.807) is 0 Å². The van der Waals surface area contributed by atoms with E-state index in [2.05, 4.69) is 72.3 Å². The first-order valence-corrected chi connectivity index (χ1v) is 9.83. The number of anilines is 3. The van der Waals surface area contributed by atoms with Gasteiger partial charge < -0.3 is 20.0 Å². The Morgan fingerprint density at radius 1 is 1.00 bits per heavy atom. The highest BCUT2D eigenvalue weighted by molar-refractivity contribution is 5.89. The lowest BCUT2D eigenvalue weighted by atomic mass is 10.2. The van der Waals surface area contributed by atoms with Crippen LogP contribution < -0.4 is 15.1 Å². The van der Waals surface area contributed by atoms with E-state index in [0.29, 0.717) is 0 Å². The molecule has 1 fully saturated rings. The van der Waals surface area contributed by atoms with Crippen molar-refractivity contribution in [3.63, 3.8) is 0 Å². The molecule has 27 heavy (non-hydrogen) atoms. The molecule has 0 bridgehead atoms. The van der Waals surface area contributed by atoms with Gasteiger partial charge in [0.25, 0.3) is 0 Å². The van der Waals surface area contributed by atoms with Gasteiger partial charge in [0.15, 0.2) is 0 Å². The molecule has 1 aliphatic heterocycles. The van der Waals surface area contributed by atoms with Crippen molar-refractivity contribution >= 4 is 23.1 Å². The van der Waals surface area contributed by atoms with Crippen LogP contribution >= 0.6 is 0 Å². The highest BCUT2D eigenvalue weighted by Crippen LogP contribution is 2.20. The molecule has 0 spiro atoms. The third-order valence-corrected chi connectivity index (χ3v) is 5.18. The summed E-state index contributed by atoms with van der Waals surface area (Å²) in [7, 11) is 0. The number of piperazine rings is 1. The van der Waals surface area contributed by atoms with E-state index in [9.17, 15) is 4.79 Å². The first-order chi connectivity index (χ1) is 13.1. The van der Waals surface area contributed by atoms with Crippen molar-refractivity contribution in [2.45, 2.75) is 20.8 Å². The Kier molecular flexibility index (Phi) is 6.22. The number of nitrogens with zero attached hydrogens (tertiary/aromatic N) is 3. The Morgan fingerprint density at radius 2 is 1.67 bits per heavy atom. The fourth-order valence-corrected chi connectivity index (χ4v) is 3.54. The molecule has 5 nitrogen and oxygen atoms in total. The zero-order chi connectivity index (χ0) is 19.2. The second-order valence-electron chi connectivity index (χ2n) is 6.96. The summed E-state index contributed by atoms with van der Waals surface area (Å²) >= 11 is 0. The van der Waals surface area contributed by atoms with Gasteiger partial charge >= 0.3 is 6.03 Å². The smallest absolute Gasteiger partial charge is 0.321 e. The summed E-state index contributed by atoms with van der Waals surface area (Å²) in [5.74, 6) is 0. The molecule has 1 N–H and O–H groups in total. The summed E-state index contributed by atoms with van der Waals surface area (Å²) in [5, 5.41) is 3.03. The summed E-state index contributed by atoms with van der Waals surface area (Å²) in [6, 6.07) is 16.6. The number of nitrogens with one attached hydrogen (secondary N) is 1. The van der Waals surface area contributed by atoms with Crippen molar-refractivity contribution in [1.29, 1.82) is 0 Å². The zero-order valence-electron chi connectivity index (χ0n) is 16.6. The normalized spacial score (nSPS) is 14.2. The Bertz CT molecular complexity index is 747. The molecule has 0 atom stereocenters. The number of carbonyl (C=O) groups is 1. The second-order valence-corrected chi connectivity index (χ2v) is 6.96. The van der Waals surface area contributed by atoms with Crippen LogP contribution in [-0.2, 0) is 0 Å². The molecule has 0 unspecified atom stereocenters. The Morgan fingerprint density at radius 3 is 2.26 bits per heavy atom. The SMILES string of the molecule is CCN(CC)c1ccc(NC(=O)N2CCN(c3cccc(C)c3)CC2)cc1. The lowest BCUT2D eigenvalue weighted by Crippen LogP contribution is -2.50. The highest BCUT2D eigenvalue weighted by Gasteiger charge is 2.21. The van der Waals surface area contributed by atoms with Crippen molar-refractivity contribution in [3.8, 4) is 0 Å². The Labute approximate surface area is 162 Å². The number of aryl methyl sites for hydroxylation is 1. The van der Waals surface area contributed by atoms with Gasteiger partial charge in [-0.25, -0.2) is 4.79 Å². The van der Waals surface area contributed by atoms with Gasteiger partial charge in [-0.05, 0) is 62.7 Å². The molecule has 2 aromatic carbocycles. The lowest BCUT2D eigenvalue weighted by molar-refractivity contribution is 0.208. The molecule has 1 saturated heterocycles. The van der Waals surface area contributed by atoms with Gasteiger partial charge in [-0.15, -0.1) is 0 Å². The van der Waals surface area contributed by atoms with Crippen molar-refractivity contribution in [2.75, 3.05) is 54.4 Å². The molecule has 0 aliphatic carbocycles. The molecule has 0 aromatic heterocycles. The van der Waals surface area contributed by atoms with E-state index in [1.807, 2.05) is 17.0 Å². The van der Waals surface area contributed by atoms with E-state index in [-0.39, 0.29) is 6.03 Å². The molecule has 2 amide bonds. The highest BCUT2D eigenvalue weighted by atomic mass is 16.2. The molecule has 0 saturated carbocycles. The summed E-state index contributed by atoms with van der Waals surface area (Å²) in [6.07, 6.45) is 0. The average molecular weight is 367 g/mol. The minimum absolute atomic E-state index is 0.0190. The molecule has 3 rings (SSSR count). The van der Waals surface area contributed by atoms with Gasteiger partial charge in [-0.3, -0.25) is 0 Å². The maximum Gasteiger partial charge on any atom is 0.321 e. The third kappa shape index (κ3) is 4.73. The number of carbonyl (C=O) groups excluding carboxylic acids is 1. The first kappa shape index (κ1) is 19.1. The van der Waals surface area contributed by atoms with Crippen LogP contribution in [-0.4, -0.2) is 50.2 Å². The predicted octanol–water partition coefficient (Wildman–Crippen LogP) is 4.20. The van der Waals surface area contributed by atoms with Crippen LogP contribution in [0, 0.1) is 6.92 Å². The van der Waals surface area contributed by atoms with Crippen molar-refractivity contribution < 1.29 is 4.79 Å². The van der Waals surface area contributed by atoms with E-state index < -0.39 is 0 Å². The third-order valence-electron chi connectivity index (χ3n) is 5.18. The monoisotopic (exact) mass is 366 g/mol.